The van der Waals surface area contributed by atoms with Gasteiger partial charge >= 0.3 is 11.7 Å². The van der Waals surface area contributed by atoms with Crippen LogP contribution in [0.15, 0.2) is 59.8 Å². The number of aryl methyl sites for hydroxylation is 2. The molecular formula is C26H17Cl2F3N4O2S. The third-order valence-electron chi connectivity index (χ3n) is 5.96. The quantitative estimate of drug-likeness (QED) is 0.252. The lowest BCUT2D eigenvalue weighted by molar-refractivity contribution is -0.707. The number of rotatable bonds is 4. The van der Waals surface area contributed by atoms with Crippen molar-refractivity contribution in [3.63, 3.8) is 0 Å². The first-order valence-corrected chi connectivity index (χ1v) is 12.7. The maximum atomic E-state index is 13.9. The van der Waals surface area contributed by atoms with Crippen LogP contribution in [0, 0.1) is 13.8 Å². The molecule has 4 aromatic heterocycles. The Kier molecular flexibility index (Phi) is 6.66. The first-order valence-electron chi connectivity index (χ1n) is 11.1. The Morgan fingerprint density at radius 2 is 1.82 bits per heavy atom. The van der Waals surface area contributed by atoms with Gasteiger partial charge in [0, 0.05) is 23.5 Å². The van der Waals surface area contributed by atoms with Crippen LogP contribution in [0.1, 0.15) is 21.6 Å². The van der Waals surface area contributed by atoms with Crippen molar-refractivity contribution >= 4 is 40.2 Å². The third-order valence-corrected chi connectivity index (χ3v) is 7.34. The largest absolute Gasteiger partial charge is 0.842 e. The molecule has 0 N–H and O–H groups in total. The maximum Gasteiger partial charge on any atom is 0.417 e. The average molecular weight is 577 g/mol. The van der Waals surface area contributed by atoms with E-state index in [1.807, 2.05) is 0 Å². The van der Waals surface area contributed by atoms with Crippen LogP contribution in [-0.4, -0.2) is 14.4 Å². The number of nitrogens with zero attached hydrogens (tertiary/aromatic N) is 4. The summed E-state index contributed by atoms with van der Waals surface area (Å²) < 4.78 is 42.5. The van der Waals surface area contributed by atoms with Crippen LogP contribution in [0.3, 0.4) is 0 Å². The van der Waals surface area contributed by atoms with Crippen molar-refractivity contribution < 1.29 is 22.8 Å². The zero-order valence-electron chi connectivity index (χ0n) is 19.8. The summed E-state index contributed by atoms with van der Waals surface area (Å²) in [7, 11) is 0. The Balaban J connectivity index is 1.74. The molecule has 4 heterocycles. The average Bonchev–Trinajstić information content (AvgIpc) is 3.25. The number of aromatic nitrogens is 4. The number of hydrogen-bond donors (Lipinski definition) is 0. The molecule has 38 heavy (non-hydrogen) atoms. The molecule has 12 heteroatoms. The van der Waals surface area contributed by atoms with Crippen molar-refractivity contribution in [2.24, 2.45) is 0 Å². The van der Waals surface area contributed by atoms with Gasteiger partial charge in [-0.1, -0.05) is 29.3 Å². The molecule has 0 atom stereocenters. The lowest BCUT2D eigenvalue weighted by Crippen LogP contribution is -2.44. The fourth-order valence-corrected chi connectivity index (χ4v) is 5.58. The van der Waals surface area contributed by atoms with Crippen LogP contribution in [0.25, 0.3) is 28.0 Å². The van der Waals surface area contributed by atoms with E-state index in [-0.39, 0.29) is 22.8 Å². The van der Waals surface area contributed by atoms with E-state index in [0.717, 1.165) is 16.5 Å². The second-order valence-corrected chi connectivity index (χ2v) is 10.8. The zero-order valence-corrected chi connectivity index (χ0v) is 22.1. The zero-order chi connectivity index (χ0) is 27.4. The molecule has 0 unspecified atom stereocenters. The molecule has 0 amide bonds. The molecular weight excluding hydrogens is 560 g/mol. The van der Waals surface area contributed by atoms with Crippen molar-refractivity contribution in [3.05, 3.63) is 96.4 Å². The van der Waals surface area contributed by atoms with E-state index in [2.05, 4.69) is 9.97 Å². The summed E-state index contributed by atoms with van der Waals surface area (Å²) in [5.74, 6) is -0.531. The molecule has 0 aliphatic carbocycles. The number of fused-ring (bicyclic) bond motifs is 1. The van der Waals surface area contributed by atoms with Crippen LogP contribution in [-0.2, 0) is 12.7 Å². The second-order valence-electron chi connectivity index (χ2n) is 8.68. The standard InChI is InChI=1S/C26H17Cl2F3N4O2S/c1-13-6-15(8-16(7-13)21-19(27)9-17(10-32-21)26(29,30)31)20-23(36)34-5-3-4-14(2)22(34)35(24(20)37)12-18-11-33-25(28)38-18/h3-11H,12H2,1-2H3. The number of alkyl halides is 3. The smallest absolute Gasteiger partial charge is 0.417 e. The fraction of sp³-hybridized carbons (Fsp3) is 0.154. The molecule has 194 valence electrons. The summed E-state index contributed by atoms with van der Waals surface area (Å²) in [6.07, 6.45) is -0.751. The first-order chi connectivity index (χ1) is 17.9. The summed E-state index contributed by atoms with van der Waals surface area (Å²) in [5, 5.41) is 13.7. The van der Waals surface area contributed by atoms with Gasteiger partial charge in [0.2, 0.25) is 0 Å². The minimum absolute atomic E-state index is 0.0981. The molecule has 5 rings (SSSR count). The van der Waals surface area contributed by atoms with Crippen molar-refractivity contribution in [1.82, 2.24) is 14.4 Å². The SMILES string of the molecule is Cc1cc(-c2ncc(C(F)(F)F)cc2Cl)cc(-c2c([O-])[n+](Cc3cnc(Cl)s3)c3c(C)cccn3c2=O)c1. The minimum atomic E-state index is -4.60. The number of halogens is 5. The Labute approximate surface area is 228 Å². The van der Waals surface area contributed by atoms with E-state index in [4.69, 9.17) is 23.2 Å². The van der Waals surface area contributed by atoms with Crippen molar-refractivity contribution in [2.45, 2.75) is 26.6 Å². The van der Waals surface area contributed by atoms with Crippen LogP contribution < -0.4 is 15.2 Å². The van der Waals surface area contributed by atoms with Gasteiger partial charge in [0.15, 0.2) is 4.47 Å². The molecule has 0 fully saturated rings. The molecule has 0 bridgehead atoms. The number of thiazole rings is 1. The van der Waals surface area contributed by atoms with Gasteiger partial charge in [-0.25, -0.2) is 14.3 Å². The van der Waals surface area contributed by atoms with Gasteiger partial charge in [-0.15, -0.1) is 11.3 Å². The van der Waals surface area contributed by atoms with Crippen molar-refractivity contribution in [2.75, 3.05) is 0 Å². The molecule has 0 aliphatic heterocycles. The molecule has 0 saturated carbocycles. The maximum absolute atomic E-state index is 13.9. The van der Waals surface area contributed by atoms with E-state index in [9.17, 15) is 23.1 Å². The predicted octanol–water partition coefficient (Wildman–Crippen LogP) is 5.84. The van der Waals surface area contributed by atoms with Crippen LogP contribution in [0.2, 0.25) is 9.49 Å². The van der Waals surface area contributed by atoms with E-state index < -0.39 is 23.2 Å². The lowest BCUT2D eigenvalue weighted by atomic mass is 9.99. The van der Waals surface area contributed by atoms with Gasteiger partial charge in [-0.2, -0.15) is 17.6 Å². The molecule has 5 aromatic rings. The summed E-state index contributed by atoms with van der Waals surface area (Å²) in [6.45, 7) is 3.68. The molecule has 0 radical (unpaired) electrons. The lowest BCUT2D eigenvalue weighted by Gasteiger charge is -2.18. The highest BCUT2D eigenvalue weighted by Gasteiger charge is 2.32. The number of hydrogen-bond acceptors (Lipinski definition) is 5. The van der Waals surface area contributed by atoms with Gasteiger partial charge in [-0.3, -0.25) is 4.98 Å². The summed E-state index contributed by atoms with van der Waals surface area (Å²) in [6, 6.07) is 9.17. The predicted molar refractivity (Wildman–Crippen MR) is 138 cm³/mol. The summed E-state index contributed by atoms with van der Waals surface area (Å²) in [5.41, 5.74) is 0.948. The highest BCUT2D eigenvalue weighted by atomic mass is 35.5. The normalized spacial score (nSPS) is 11.9. The monoisotopic (exact) mass is 576 g/mol. The van der Waals surface area contributed by atoms with Crippen LogP contribution >= 0.6 is 34.5 Å². The number of pyridine rings is 2. The van der Waals surface area contributed by atoms with Crippen molar-refractivity contribution in [3.8, 4) is 28.3 Å². The highest BCUT2D eigenvalue weighted by Crippen LogP contribution is 2.36. The molecule has 0 spiro atoms. The van der Waals surface area contributed by atoms with E-state index in [1.54, 1.807) is 50.5 Å². The Morgan fingerprint density at radius 1 is 1.08 bits per heavy atom. The van der Waals surface area contributed by atoms with Gasteiger partial charge < -0.3 is 5.11 Å². The summed E-state index contributed by atoms with van der Waals surface area (Å²) >= 11 is 13.4. The van der Waals surface area contributed by atoms with Gasteiger partial charge in [-0.05, 0) is 55.3 Å². The third kappa shape index (κ3) is 4.75. The van der Waals surface area contributed by atoms with Crippen LogP contribution in [0.5, 0.6) is 5.88 Å². The highest BCUT2D eigenvalue weighted by molar-refractivity contribution is 7.15. The van der Waals surface area contributed by atoms with E-state index in [0.29, 0.717) is 33.0 Å². The van der Waals surface area contributed by atoms with E-state index >= 15 is 0 Å². The molecule has 1 aromatic carbocycles. The van der Waals surface area contributed by atoms with Gasteiger partial charge in [0.25, 0.3) is 5.65 Å². The topological polar surface area (TPSA) is 74.2 Å². The first kappa shape index (κ1) is 26.1. The molecule has 6 nitrogen and oxygen atoms in total. The molecule has 0 aliphatic rings. The Bertz CT molecular complexity index is 1780. The number of benzene rings is 1. The Morgan fingerprint density at radius 3 is 2.47 bits per heavy atom. The molecule has 0 saturated heterocycles. The van der Waals surface area contributed by atoms with Gasteiger partial charge in [0.05, 0.1) is 33.2 Å². The van der Waals surface area contributed by atoms with Gasteiger partial charge in [0.1, 0.15) is 12.1 Å². The van der Waals surface area contributed by atoms with E-state index in [1.165, 1.54) is 26.4 Å². The summed E-state index contributed by atoms with van der Waals surface area (Å²) in [4.78, 5) is 22.3. The Hall–Kier alpha value is -3.47. The second kappa shape index (κ2) is 9.68. The minimum Gasteiger partial charge on any atom is -0.842 e. The van der Waals surface area contributed by atoms with Crippen LogP contribution in [0.4, 0.5) is 13.2 Å². The fourth-order valence-electron chi connectivity index (χ4n) is 4.33. The van der Waals surface area contributed by atoms with Crippen molar-refractivity contribution in [1.29, 1.82) is 0 Å².